The van der Waals surface area contributed by atoms with Crippen molar-refractivity contribution >= 4 is 17.5 Å². The highest BCUT2D eigenvalue weighted by Gasteiger charge is 2.34. The molecule has 0 amide bonds. The summed E-state index contributed by atoms with van der Waals surface area (Å²) in [6.07, 6.45) is -3.53. The Kier molecular flexibility index (Phi) is 2.74. The third-order valence-corrected chi connectivity index (χ3v) is 3.08. The van der Waals surface area contributed by atoms with Crippen molar-refractivity contribution in [2.45, 2.75) is 16.4 Å². The molecule has 0 radical (unpaired) electrons. The van der Waals surface area contributed by atoms with Crippen molar-refractivity contribution < 1.29 is 13.2 Å². The molecule has 0 saturated carbocycles. The van der Waals surface area contributed by atoms with Gasteiger partial charge in [0.25, 0.3) is 5.78 Å². The molecule has 12 heteroatoms. The normalized spacial score (nSPS) is 12.2. The summed E-state index contributed by atoms with van der Waals surface area (Å²) in [6, 6.07) is 0.805. The maximum absolute atomic E-state index is 12.7. The molecule has 0 aliphatic heterocycles. The van der Waals surface area contributed by atoms with E-state index in [0.717, 1.165) is 28.7 Å². The molecule has 3 aromatic rings. The quantitative estimate of drug-likeness (QED) is 0.675. The predicted octanol–water partition coefficient (Wildman–Crippen LogP) is 0.706. The Bertz CT molecular complexity index is 819. The number of hydrogen-bond donors (Lipinski definition) is 2. The molecule has 2 N–H and O–H groups in total. The molecule has 3 heterocycles. The van der Waals surface area contributed by atoms with E-state index in [9.17, 15) is 18.0 Å². The second-order valence-corrected chi connectivity index (χ2v) is 4.54. The number of fused-ring (bicyclic) bond motifs is 1. The lowest BCUT2D eigenvalue weighted by Gasteiger charge is -2.08. The van der Waals surface area contributed by atoms with Crippen molar-refractivity contribution in [1.82, 2.24) is 34.8 Å². The predicted molar refractivity (Wildman–Crippen MR) is 59.1 cm³/mol. The van der Waals surface area contributed by atoms with E-state index in [1.165, 1.54) is 0 Å². The Morgan fingerprint density at radius 1 is 1.35 bits per heavy atom. The van der Waals surface area contributed by atoms with Gasteiger partial charge in [-0.3, -0.25) is 4.98 Å². The van der Waals surface area contributed by atoms with Crippen LogP contribution >= 0.6 is 11.8 Å². The number of rotatable bonds is 2. The fraction of sp³-hybridized carbons (Fsp3) is 0.125. The van der Waals surface area contributed by atoms with Crippen LogP contribution in [-0.4, -0.2) is 34.8 Å². The van der Waals surface area contributed by atoms with E-state index >= 15 is 0 Å². The Morgan fingerprint density at radius 2 is 2.15 bits per heavy atom. The van der Waals surface area contributed by atoms with Crippen LogP contribution in [0.15, 0.2) is 27.4 Å². The SMILES string of the molecule is O=c1[nH]nc(Sc2cc(C(F)(F)F)nc3ncnn23)[nH]1. The highest BCUT2D eigenvalue weighted by molar-refractivity contribution is 7.99. The van der Waals surface area contributed by atoms with E-state index in [4.69, 9.17) is 0 Å². The molecular formula is C8H4F3N7OS. The number of H-pyrrole nitrogens is 2. The lowest BCUT2D eigenvalue weighted by Crippen LogP contribution is -2.10. The van der Waals surface area contributed by atoms with Crippen LogP contribution in [0.25, 0.3) is 5.78 Å². The number of hydrogen-bond acceptors (Lipinski definition) is 6. The average molecular weight is 303 g/mol. The summed E-state index contributed by atoms with van der Waals surface area (Å²) < 4.78 is 39.3. The Morgan fingerprint density at radius 3 is 2.80 bits per heavy atom. The van der Waals surface area contributed by atoms with Crippen LogP contribution in [0.4, 0.5) is 13.2 Å². The summed E-state index contributed by atoms with van der Waals surface area (Å²) in [7, 11) is 0. The monoisotopic (exact) mass is 303 g/mol. The van der Waals surface area contributed by atoms with Crippen molar-refractivity contribution in [3.63, 3.8) is 0 Å². The molecule has 3 rings (SSSR count). The van der Waals surface area contributed by atoms with Gasteiger partial charge in [-0.2, -0.15) is 27.8 Å². The molecule has 0 fully saturated rings. The minimum Gasteiger partial charge on any atom is -0.284 e. The molecule has 0 spiro atoms. The third-order valence-electron chi connectivity index (χ3n) is 2.19. The van der Waals surface area contributed by atoms with E-state index in [1.807, 2.05) is 0 Å². The summed E-state index contributed by atoms with van der Waals surface area (Å²) in [4.78, 5) is 20.2. The minimum absolute atomic E-state index is 0.0718. The van der Waals surface area contributed by atoms with Crippen LogP contribution in [0.2, 0.25) is 0 Å². The molecule has 3 aromatic heterocycles. The minimum atomic E-state index is -4.61. The van der Waals surface area contributed by atoms with Gasteiger partial charge in [-0.1, -0.05) is 0 Å². The Hall–Kier alpha value is -2.37. The number of alkyl halides is 3. The zero-order valence-corrected chi connectivity index (χ0v) is 10.2. The van der Waals surface area contributed by atoms with Gasteiger partial charge in [0.1, 0.15) is 11.4 Å². The largest absolute Gasteiger partial charge is 0.433 e. The van der Waals surface area contributed by atoms with Crippen molar-refractivity contribution in [3.05, 3.63) is 28.6 Å². The number of halogens is 3. The lowest BCUT2D eigenvalue weighted by molar-refractivity contribution is -0.141. The van der Waals surface area contributed by atoms with Gasteiger partial charge in [-0.25, -0.2) is 14.9 Å². The number of aromatic amines is 2. The van der Waals surface area contributed by atoms with Crippen molar-refractivity contribution in [1.29, 1.82) is 0 Å². The van der Waals surface area contributed by atoms with E-state index in [1.54, 1.807) is 0 Å². The summed E-state index contributed by atoms with van der Waals surface area (Å²) in [6.45, 7) is 0. The zero-order chi connectivity index (χ0) is 14.3. The van der Waals surface area contributed by atoms with Crippen LogP contribution in [0.5, 0.6) is 0 Å². The zero-order valence-electron chi connectivity index (χ0n) is 9.34. The van der Waals surface area contributed by atoms with Gasteiger partial charge in [0.2, 0.25) is 0 Å². The Balaban J connectivity index is 2.12. The van der Waals surface area contributed by atoms with Gasteiger partial charge in [0, 0.05) is 6.07 Å². The topological polar surface area (TPSA) is 105 Å². The van der Waals surface area contributed by atoms with Crippen molar-refractivity contribution in [2.75, 3.05) is 0 Å². The summed E-state index contributed by atoms with van der Waals surface area (Å²) in [5.74, 6) is -0.194. The maximum atomic E-state index is 12.7. The van der Waals surface area contributed by atoms with Gasteiger partial charge >= 0.3 is 11.9 Å². The van der Waals surface area contributed by atoms with Gasteiger partial charge in [-0.05, 0) is 11.8 Å². The molecule has 20 heavy (non-hydrogen) atoms. The van der Waals surface area contributed by atoms with E-state index in [2.05, 4.69) is 30.2 Å². The second-order valence-electron chi connectivity index (χ2n) is 3.53. The number of nitrogens with one attached hydrogen (secondary N) is 2. The van der Waals surface area contributed by atoms with Crippen LogP contribution in [0, 0.1) is 0 Å². The standard InChI is InChI=1S/C8H4F3N7OS/c9-8(10,11)3-1-4(18-5(14-3)12-2-13-18)20-7-15-6(19)16-17-7/h1-2H,(H2,15,16,17,19). The fourth-order valence-corrected chi connectivity index (χ4v) is 2.22. The molecule has 0 unspecified atom stereocenters. The molecule has 104 valence electrons. The van der Waals surface area contributed by atoms with Crippen molar-refractivity contribution in [3.8, 4) is 0 Å². The van der Waals surface area contributed by atoms with Crippen LogP contribution in [0.3, 0.4) is 0 Å². The first-order valence-electron chi connectivity index (χ1n) is 5.04. The van der Waals surface area contributed by atoms with Crippen LogP contribution in [0.1, 0.15) is 5.69 Å². The molecule has 0 atom stereocenters. The summed E-state index contributed by atoms with van der Waals surface area (Å²) >= 11 is 0.795. The molecule has 0 aliphatic rings. The summed E-state index contributed by atoms with van der Waals surface area (Å²) in [5, 5.41) is 9.66. The van der Waals surface area contributed by atoms with Crippen LogP contribution in [-0.2, 0) is 6.18 Å². The first-order valence-corrected chi connectivity index (χ1v) is 5.85. The van der Waals surface area contributed by atoms with E-state index in [-0.39, 0.29) is 16.0 Å². The molecular weight excluding hydrogens is 299 g/mol. The van der Waals surface area contributed by atoms with Gasteiger partial charge in [-0.15, -0.1) is 5.10 Å². The molecule has 0 saturated heterocycles. The second kappa shape index (κ2) is 4.33. The van der Waals surface area contributed by atoms with Gasteiger partial charge in [0.15, 0.2) is 10.9 Å². The first kappa shape index (κ1) is 12.7. The maximum Gasteiger partial charge on any atom is 0.433 e. The molecule has 8 nitrogen and oxygen atoms in total. The lowest BCUT2D eigenvalue weighted by atomic mass is 10.4. The average Bonchev–Trinajstić information content (AvgIpc) is 2.96. The van der Waals surface area contributed by atoms with E-state index in [0.29, 0.717) is 0 Å². The first-order chi connectivity index (χ1) is 9.43. The molecule has 0 aliphatic carbocycles. The molecule has 0 aromatic carbocycles. The number of aromatic nitrogens is 7. The van der Waals surface area contributed by atoms with Gasteiger partial charge < -0.3 is 0 Å². The van der Waals surface area contributed by atoms with Gasteiger partial charge in [0.05, 0.1) is 0 Å². The Labute approximate surface area is 111 Å². The fourth-order valence-electron chi connectivity index (χ4n) is 1.41. The number of nitrogens with zero attached hydrogens (tertiary/aromatic N) is 5. The summed E-state index contributed by atoms with van der Waals surface area (Å²) in [5.41, 5.74) is -1.66. The molecule has 0 bridgehead atoms. The van der Waals surface area contributed by atoms with Crippen LogP contribution < -0.4 is 5.69 Å². The third kappa shape index (κ3) is 2.24. The highest BCUT2D eigenvalue weighted by Crippen LogP contribution is 2.32. The smallest absolute Gasteiger partial charge is 0.284 e. The van der Waals surface area contributed by atoms with Crippen molar-refractivity contribution in [2.24, 2.45) is 0 Å². The highest BCUT2D eigenvalue weighted by atomic mass is 32.2. The van der Waals surface area contributed by atoms with E-state index < -0.39 is 17.6 Å².